The lowest BCUT2D eigenvalue weighted by atomic mass is 10.1. The number of hydrogen-bond acceptors (Lipinski definition) is 8. The predicted molar refractivity (Wildman–Crippen MR) is 128 cm³/mol. The molecule has 36 heavy (non-hydrogen) atoms. The fourth-order valence-corrected chi connectivity index (χ4v) is 5.11. The Labute approximate surface area is 205 Å². The molecule has 2 fully saturated rings. The van der Waals surface area contributed by atoms with E-state index >= 15 is 0 Å². The van der Waals surface area contributed by atoms with Gasteiger partial charge in [-0.3, -0.25) is 4.98 Å². The van der Waals surface area contributed by atoms with Gasteiger partial charge in [0.2, 0.25) is 0 Å². The number of nitrogens with zero attached hydrogens (tertiary/aromatic N) is 2. The Balaban J connectivity index is 1.23. The van der Waals surface area contributed by atoms with Gasteiger partial charge in [0.05, 0.1) is 34.8 Å². The van der Waals surface area contributed by atoms with Crippen LogP contribution in [0.15, 0.2) is 59.6 Å². The minimum atomic E-state index is -3.33. The largest absolute Gasteiger partial charge is 0.470 e. The summed E-state index contributed by atoms with van der Waals surface area (Å²) in [6.07, 6.45) is 0.623. The van der Waals surface area contributed by atoms with Crippen LogP contribution in [0.3, 0.4) is 0 Å². The van der Waals surface area contributed by atoms with Crippen LogP contribution in [0.1, 0.15) is 0 Å². The molecule has 186 valence electrons. The minimum absolute atomic E-state index is 0.144. The Hall–Kier alpha value is -3.38. The number of aromatic amines is 1. The highest BCUT2D eigenvalue weighted by Gasteiger charge is 2.48. The molecule has 11 heteroatoms. The molecule has 2 aliphatic rings. The van der Waals surface area contributed by atoms with Crippen LogP contribution in [0, 0.1) is 5.82 Å². The number of H-pyrrole nitrogens is 1. The predicted octanol–water partition coefficient (Wildman–Crippen LogP) is 2.74. The Morgan fingerprint density at radius 2 is 1.81 bits per heavy atom. The molecule has 6 rings (SSSR count). The van der Waals surface area contributed by atoms with Crippen LogP contribution in [0.25, 0.3) is 33.5 Å². The summed E-state index contributed by atoms with van der Waals surface area (Å²) in [7, 11) is -3.33. The van der Waals surface area contributed by atoms with Gasteiger partial charge in [0.15, 0.2) is 27.6 Å². The van der Waals surface area contributed by atoms with Crippen molar-refractivity contribution in [2.45, 2.75) is 29.3 Å². The van der Waals surface area contributed by atoms with Crippen molar-refractivity contribution in [1.29, 1.82) is 0 Å². The summed E-state index contributed by atoms with van der Waals surface area (Å²) in [4.78, 5) is 11.9. The van der Waals surface area contributed by atoms with E-state index in [1.165, 1.54) is 18.3 Å². The molecule has 0 aliphatic carbocycles. The van der Waals surface area contributed by atoms with Gasteiger partial charge in [-0.15, -0.1) is 0 Å². The molecular formula is C25H22FN3O6S. The standard InChI is InChI=1S/C25H22FN3O6S/c1-36(31,32)15-6-7-17(27-10-15)13-2-4-14(5-3-13)23-16(26)8-18-19(29-23)9-22(28-18)35-21-12-34-24-20(30)11-33-25(21)24/h2-10,20-21,24-25,28,30H,11-12H2,1H3/t20-,21-,24-,25-/m1/s1. The Morgan fingerprint density at radius 3 is 2.53 bits per heavy atom. The molecular weight excluding hydrogens is 489 g/mol. The molecule has 2 saturated heterocycles. The van der Waals surface area contributed by atoms with Crippen LogP contribution in [0.5, 0.6) is 5.88 Å². The van der Waals surface area contributed by atoms with Crippen molar-refractivity contribution in [2.75, 3.05) is 19.5 Å². The van der Waals surface area contributed by atoms with E-state index in [0.29, 0.717) is 28.2 Å². The van der Waals surface area contributed by atoms with Gasteiger partial charge < -0.3 is 24.3 Å². The molecule has 4 aromatic rings. The molecule has 4 atom stereocenters. The maximum atomic E-state index is 15.0. The van der Waals surface area contributed by atoms with Crippen LogP contribution in [0.4, 0.5) is 4.39 Å². The molecule has 0 saturated carbocycles. The maximum absolute atomic E-state index is 15.0. The molecule has 0 amide bonds. The summed E-state index contributed by atoms with van der Waals surface area (Å²) >= 11 is 0. The normalized spacial score (nSPS) is 23.8. The first-order chi connectivity index (χ1) is 17.3. The van der Waals surface area contributed by atoms with E-state index < -0.39 is 34.0 Å². The third-order valence-electron chi connectivity index (χ3n) is 6.41. The number of hydrogen-bond donors (Lipinski definition) is 2. The number of benzene rings is 1. The summed E-state index contributed by atoms with van der Waals surface area (Å²) in [5.41, 5.74) is 3.14. The zero-order valence-corrected chi connectivity index (χ0v) is 19.9. The number of aliphatic hydroxyl groups is 1. The summed E-state index contributed by atoms with van der Waals surface area (Å²) < 4.78 is 55.4. The molecule has 0 unspecified atom stereocenters. The Morgan fingerprint density at radius 1 is 1.06 bits per heavy atom. The van der Waals surface area contributed by atoms with E-state index in [0.717, 1.165) is 11.8 Å². The highest BCUT2D eigenvalue weighted by Crippen LogP contribution is 2.32. The number of halogens is 1. The summed E-state index contributed by atoms with van der Waals surface area (Å²) in [6, 6.07) is 13.2. The number of fused-ring (bicyclic) bond motifs is 2. The van der Waals surface area contributed by atoms with Crippen molar-refractivity contribution in [3.05, 3.63) is 60.5 Å². The van der Waals surface area contributed by atoms with Gasteiger partial charge >= 0.3 is 0 Å². The molecule has 0 bridgehead atoms. The highest BCUT2D eigenvalue weighted by atomic mass is 32.2. The van der Waals surface area contributed by atoms with E-state index in [1.54, 1.807) is 36.4 Å². The van der Waals surface area contributed by atoms with Crippen LogP contribution in [-0.2, 0) is 19.3 Å². The quantitative estimate of drug-likeness (QED) is 0.419. The van der Waals surface area contributed by atoms with E-state index in [-0.39, 0.29) is 29.9 Å². The maximum Gasteiger partial charge on any atom is 0.193 e. The molecule has 9 nitrogen and oxygen atoms in total. The van der Waals surface area contributed by atoms with Crippen LogP contribution >= 0.6 is 0 Å². The lowest BCUT2D eigenvalue weighted by molar-refractivity contribution is 0.00794. The molecule has 0 spiro atoms. The van der Waals surface area contributed by atoms with Crippen molar-refractivity contribution >= 4 is 20.9 Å². The number of nitrogens with one attached hydrogen (secondary N) is 1. The lowest BCUT2D eigenvalue weighted by Gasteiger charge is -2.16. The molecule has 2 N–H and O–H groups in total. The van der Waals surface area contributed by atoms with E-state index in [9.17, 15) is 17.9 Å². The van der Waals surface area contributed by atoms with E-state index in [1.807, 2.05) is 0 Å². The van der Waals surface area contributed by atoms with Gasteiger partial charge in [-0.2, -0.15) is 0 Å². The number of pyridine rings is 2. The first-order valence-corrected chi connectivity index (χ1v) is 13.2. The van der Waals surface area contributed by atoms with Gasteiger partial charge in [-0.1, -0.05) is 24.3 Å². The molecule has 2 aliphatic heterocycles. The monoisotopic (exact) mass is 511 g/mol. The third-order valence-corrected chi connectivity index (χ3v) is 7.51. The lowest BCUT2D eigenvalue weighted by Crippen LogP contribution is -2.34. The number of aliphatic hydroxyl groups excluding tert-OH is 1. The summed E-state index contributed by atoms with van der Waals surface area (Å²) in [5.74, 6) is -0.0851. The first kappa shape index (κ1) is 23.0. The fourth-order valence-electron chi connectivity index (χ4n) is 4.55. The smallest absolute Gasteiger partial charge is 0.193 e. The average Bonchev–Trinajstić information content (AvgIpc) is 3.55. The van der Waals surface area contributed by atoms with Crippen molar-refractivity contribution in [3.63, 3.8) is 0 Å². The van der Waals surface area contributed by atoms with Gasteiger partial charge in [-0.25, -0.2) is 17.8 Å². The zero-order chi connectivity index (χ0) is 25.0. The Bertz CT molecular complexity index is 1540. The summed E-state index contributed by atoms with van der Waals surface area (Å²) in [6.45, 7) is 0.492. The van der Waals surface area contributed by atoms with E-state index in [4.69, 9.17) is 14.2 Å². The van der Waals surface area contributed by atoms with Crippen LogP contribution < -0.4 is 4.74 Å². The number of ether oxygens (including phenoxy) is 3. The molecule has 3 aromatic heterocycles. The number of aromatic nitrogens is 3. The SMILES string of the molecule is CS(=O)(=O)c1ccc(-c2ccc(-c3nc4cc(O[C@@H]5CO[C@H]6[C@@H]5OC[C@H]6O)[nH]c4cc3F)cc2)nc1. The fraction of sp³-hybridized carbons (Fsp3) is 0.280. The number of sulfone groups is 1. The van der Waals surface area contributed by atoms with Crippen molar-refractivity contribution in [3.8, 4) is 28.4 Å². The molecule has 5 heterocycles. The third kappa shape index (κ3) is 4.13. The zero-order valence-electron chi connectivity index (χ0n) is 19.1. The van der Waals surface area contributed by atoms with Crippen molar-refractivity contribution in [2.24, 2.45) is 0 Å². The van der Waals surface area contributed by atoms with Crippen LogP contribution in [0.2, 0.25) is 0 Å². The van der Waals surface area contributed by atoms with Crippen molar-refractivity contribution < 1.29 is 32.1 Å². The van der Waals surface area contributed by atoms with E-state index in [2.05, 4.69) is 15.0 Å². The Kier molecular flexibility index (Phi) is 5.52. The summed E-state index contributed by atoms with van der Waals surface area (Å²) in [5, 5.41) is 9.90. The average molecular weight is 512 g/mol. The number of rotatable bonds is 5. The van der Waals surface area contributed by atoms with Crippen molar-refractivity contribution in [1.82, 2.24) is 15.0 Å². The second-order valence-electron chi connectivity index (χ2n) is 8.93. The second kappa shape index (κ2) is 8.63. The van der Waals surface area contributed by atoms with Gasteiger partial charge in [0, 0.05) is 35.7 Å². The first-order valence-electron chi connectivity index (χ1n) is 11.3. The topological polar surface area (TPSA) is 124 Å². The minimum Gasteiger partial charge on any atom is -0.470 e. The van der Waals surface area contributed by atoms with Gasteiger partial charge in [0.1, 0.15) is 24.0 Å². The molecule has 1 aromatic carbocycles. The van der Waals surface area contributed by atoms with Gasteiger partial charge in [0.25, 0.3) is 0 Å². The second-order valence-corrected chi connectivity index (χ2v) is 10.9. The van der Waals surface area contributed by atoms with Crippen LogP contribution in [-0.4, -0.2) is 72.4 Å². The van der Waals surface area contributed by atoms with Gasteiger partial charge in [-0.05, 0) is 12.1 Å². The highest BCUT2D eigenvalue weighted by molar-refractivity contribution is 7.90. The molecule has 0 radical (unpaired) electrons.